The van der Waals surface area contributed by atoms with E-state index in [1.165, 1.54) is 6.92 Å². The molecule has 0 bridgehead atoms. The second kappa shape index (κ2) is 7.27. The van der Waals surface area contributed by atoms with E-state index < -0.39 is 11.8 Å². The fourth-order valence-corrected chi connectivity index (χ4v) is 2.27. The van der Waals surface area contributed by atoms with Crippen LogP contribution in [0, 0.1) is 6.92 Å². The summed E-state index contributed by atoms with van der Waals surface area (Å²) in [6, 6.07) is 13.9. The van der Waals surface area contributed by atoms with Gasteiger partial charge in [0, 0.05) is 30.2 Å². The summed E-state index contributed by atoms with van der Waals surface area (Å²) in [4.78, 5) is 24.1. The molecule has 1 atom stereocenters. The molecule has 0 fully saturated rings. The Kier molecular flexibility index (Phi) is 5.36. The summed E-state index contributed by atoms with van der Waals surface area (Å²) in [5, 5.41) is 13.3. The van der Waals surface area contributed by atoms with Crippen LogP contribution in [0.1, 0.15) is 41.8 Å². The van der Waals surface area contributed by atoms with Gasteiger partial charge in [0.15, 0.2) is 0 Å². The predicted octanol–water partition coefficient (Wildman–Crippen LogP) is 3.37. The second-order valence-electron chi connectivity index (χ2n) is 5.68. The molecule has 0 saturated carbocycles. The summed E-state index contributed by atoms with van der Waals surface area (Å²) in [5.74, 6) is -2.81. The van der Waals surface area contributed by atoms with E-state index in [-0.39, 0.29) is 23.5 Å². The molecule has 0 spiro atoms. The fourth-order valence-electron chi connectivity index (χ4n) is 2.27. The molecule has 0 radical (unpaired) electrons. The zero-order valence-corrected chi connectivity index (χ0v) is 14.0. The van der Waals surface area contributed by atoms with Crippen molar-refractivity contribution in [1.82, 2.24) is 0 Å². The molecule has 24 heavy (non-hydrogen) atoms. The smallest absolute Gasteiger partial charge is 0.308 e. The number of aryl methyl sites for hydroxylation is 1. The van der Waals surface area contributed by atoms with Gasteiger partial charge >= 0.3 is 5.97 Å². The molecule has 1 amide bonds. The molecule has 2 rings (SSSR count). The Hall–Kier alpha value is -2.66. The van der Waals surface area contributed by atoms with E-state index in [0.29, 0.717) is 5.69 Å². The van der Waals surface area contributed by atoms with Gasteiger partial charge in [-0.3, -0.25) is 9.59 Å². The van der Waals surface area contributed by atoms with E-state index >= 15 is 0 Å². The Morgan fingerprint density at radius 1 is 1.12 bits per heavy atom. The maximum atomic E-state index is 12.6. The number of carbonyl (C=O) groups is 2. The average Bonchev–Trinajstić information content (AvgIpc) is 2.56. The molecule has 0 aliphatic carbocycles. The van der Waals surface area contributed by atoms with E-state index in [2.05, 4.69) is 5.32 Å². The zero-order valence-electron chi connectivity index (χ0n) is 14.0. The van der Waals surface area contributed by atoms with Gasteiger partial charge in [0.1, 0.15) is 0 Å². The molecular formula is C19H21NO4. The highest BCUT2D eigenvalue weighted by Crippen LogP contribution is 2.27. The molecule has 2 N–H and O–H groups in total. The Morgan fingerprint density at radius 3 is 2.38 bits per heavy atom. The summed E-state index contributed by atoms with van der Waals surface area (Å²) >= 11 is 0. The van der Waals surface area contributed by atoms with E-state index in [0.717, 1.165) is 5.56 Å². The van der Waals surface area contributed by atoms with Crippen LogP contribution in [0.3, 0.4) is 0 Å². The minimum atomic E-state index is -1.88. The Morgan fingerprint density at radius 2 is 1.75 bits per heavy atom. The fraction of sp³-hybridized carbons (Fsp3) is 0.263. The Bertz CT molecular complexity index is 735. The molecule has 126 valence electrons. The first-order valence-electron chi connectivity index (χ1n) is 7.75. The first-order valence-corrected chi connectivity index (χ1v) is 7.75. The summed E-state index contributed by atoms with van der Waals surface area (Å²) in [5.41, 5.74) is 2.21. The van der Waals surface area contributed by atoms with E-state index in [4.69, 9.17) is 4.74 Å². The lowest BCUT2D eigenvalue weighted by Gasteiger charge is -2.25. The number of ether oxygens (including phenoxy) is 1. The van der Waals surface area contributed by atoms with Crippen molar-refractivity contribution in [3.63, 3.8) is 0 Å². The van der Waals surface area contributed by atoms with Gasteiger partial charge in [-0.15, -0.1) is 0 Å². The van der Waals surface area contributed by atoms with Crippen LogP contribution in [0.5, 0.6) is 0 Å². The van der Waals surface area contributed by atoms with Crippen molar-refractivity contribution in [2.45, 2.75) is 33.0 Å². The lowest BCUT2D eigenvalue weighted by atomic mass is 9.99. The van der Waals surface area contributed by atoms with Crippen LogP contribution in [0.4, 0.5) is 5.69 Å². The van der Waals surface area contributed by atoms with Crippen LogP contribution >= 0.6 is 0 Å². The minimum Gasteiger partial charge on any atom is -0.429 e. The SMILES string of the molecule is CCC(=O)OC(C)(O)c1ccccc1C(=O)Nc1ccc(C)cc1. The molecule has 5 nitrogen and oxygen atoms in total. The third kappa shape index (κ3) is 4.20. The maximum absolute atomic E-state index is 12.6. The number of rotatable bonds is 5. The summed E-state index contributed by atoms with van der Waals surface area (Å²) in [7, 11) is 0. The summed E-state index contributed by atoms with van der Waals surface area (Å²) in [6.45, 7) is 4.94. The van der Waals surface area contributed by atoms with Gasteiger partial charge in [-0.25, -0.2) is 0 Å². The van der Waals surface area contributed by atoms with Gasteiger partial charge in [-0.2, -0.15) is 0 Å². The lowest BCUT2D eigenvalue weighted by molar-refractivity contribution is -0.206. The third-order valence-electron chi connectivity index (χ3n) is 3.58. The number of amides is 1. The number of aliphatic hydroxyl groups is 1. The minimum absolute atomic E-state index is 0.133. The molecule has 0 aromatic heterocycles. The topological polar surface area (TPSA) is 75.6 Å². The molecule has 0 saturated heterocycles. The third-order valence-corrected chi connectivity index (χ3v) is 3.58. The molecule has 1 unspecified atom stereocenters. The predicted molar refractivity (Wildman–Crippen MR) is 91.5 cm³/mol. The highest BCUT2D eigenvalue weighted by molar-refractivity contribution is 6.05. The quantitative estimate of drug-likeness (QED) is 0.652. The highest BCUT2D eigenvalue weighted by Gasteiger charge is 2.31. The van der Waals surface area contributed by atoms with Gasteiger partial charge in [0.2, 0.25) is 5.79 Å². The number of anilines is 1. The van der Waals surface area contributed by atoms with E-state index in [1.807, 2.05) is 19.1 Å². The van der Waals surface area contributed by atoms with Crippen molar-refractivity contribution in [2.24, 2.45) is 0 Å². The van der Waals surface area contributed by atoms with Crippen LogP contribution in [0.2, 0.25) is 0 Å². The summed E-state index contributed by atoms with van der Waals surface area (Å²) < 4.78 is 5.07. The van der Waals surface area contributed by atoms with Crippen molar-refractivity contribution in [3.8, 4) is 0 Å². The molecule has 2 aromatic carbocycles. The Balaban J connectivity index is 2.29. The molecule has 5 heteroatoms. The first kappa shape index (κ1) is 17.7. The van der Waals surface area contributed by atoms with E-state index in [9.17, 15) is 14.7 Å². The number of esters is 1. The number of hydrogen-bond donors (Lipinski definition) is 2. The average molecular weight is 327 g/mol. The normalized spacial score (nSPS) is 13.0. The van der Waals surface area contributed by atoms with Gasteiger partial charge in [-0.05, 0) is 25.1 Å². The Labute approximate surface area is 141 Å². The van der Waals surface area contributed by atoms with Crippen LogP contribution in [0.25, 0.3) is 0 Å². The second-order valence-corrected chi connectivity index (χ2v) is 5.68. The molecule has 2 aromatic rings. The van der Waals surface area contributed by atoms with Crippen molar-refractivity contribution in [1.29, 1.82) is 0 Å². The standard InChI is InChI=1S/C19H21NO4/c1-4-17(21)24-19(3,23)16-8-6-5-7-15(16)18(22)20-14-11-9-13(2)10-12-14/h5-12,23H,4H2,1-3H3,(H,20,22). The van der Waals surface area contributed by atoms with Gasteiger partial charge in [0.05, 0.1) is 0 Å². The largest absolute Gasteiger partial charge is 0.429 e. The molecule has 0 aliphatic rings. The number of hydrogen-bond acceptors (Lipinski definition) is 4. The monoisotopic (exact) mass is 327 g/mol. The first-order chi connectivity index (χ1) is 11.3. The van der Waals surface area contributed by atoms with Crippen molar-refractivity contribution in [3.05, 3.63) is 65.2 Å². The number of benzene rings is 2. The summed E-state index contributed by atoms with van der Waals surface area (Å²) in [6.07, 6.45) is 0.133. The zero-order chi connectivity index (χ0) is 17.7. The lowest BCUT2D eigenvalue weighted by Crippen LogP contribution is -2.31. The van der Waals surface area contributed by atoms with Crippen molar-refractivity contribution >= 4 is 17.6 Å². The van der Waals surface area contributed by atoms with Crippen LogP contribution in [0.15, 0.2) is 48.5 Å². The van der Waals surface area contributed by atoms with Crippen LogP contribution in [-0.2, 0) is 15.3 Å². The highest BCUT2D eigenvalue weighted by atomic mass is 16.7. The van der Waals surface area contributed by atoms with Crippen LogP contribution in [-0.4, -0.2) is 17.0 Å². The van der Waals surface area contributed by atoms with E-state index in [1.54, 1.807) is 43.3 Å². The number of nitrogens with one attached hydrogen (secondary N) is 1. The number of carbonyl (C=O) groups excluding carboxylic acids is 2. The van der Waals surface area contributed by atoms with Crippen molar-refractivity contribution in [2.75, 3.05) is 5.32 Å². The molecular weight excluding hydrogens is 306 g/mol. The van der Waals surface area contributed by atoms with Gasteiger partial charge in [0.25, 0.3) is 5.91 Å². The van der Waals surface area contributed by atoms with Crippen LogP contribution < -0.4 is 5.32 Å². The van der Waals surface area contributed by atoms with Crippen molar-refractivity contribution < 1.29 is 19.4 Å². The maximum Gasteiger partial charge on any atom is 0.308 e. The van der Waals surface area contributed by atoms with Gasteiger partial charge < -0.3 is 15.2 Å². The van der Waals surface area contributed by atoms with Gasteiger partial charge in [-0.1, -0.05) is 42.8 Å². The molecule has 0 aliphatic heterocycles. The molecule has 0 heterocycles.